The van der Waals surface area contributed by atoms with Gasteiger partial charge in [-0.25, -0.2) is 0 Å². The summed E-state index contributed by atoms with van der Waals surface area (Å²) in [5.74, 6) is 0.730. The van der Waals surface area contributed by atoms with E-state index in [1.54, 1.807) is 6.07 Å². The van der Waals surface area contributed by atoms with Crippen LogP contribution in [0.25, 0.3) is 0 Å². The lowest BCUT2D eigenvalue weighted by Crippen LogP contribution is -2.38. The number of hydrogen-bond donors (Lipinski definition) is 2. The third-order valence-corrected chi connectivity index (χ3v) is 4.98. The summed E-state index contributed by atoms with van der Waals surface area (Å²) in [7, 11) is 0. The van der Waals surface area contributed by atoms with E-state index in [9.17, 15) is 0 Å². The lowest BCUT2D eigenvalue weighted by atomic mass is 9.96. The van der Waals surface area contributed by atoms with E-state index in [1.807, 2.05) is 29.1 Å². The number of halogens is 2. The van der Waals surface area contributed by atoms with Gasteiger partial charge in [-0.15, -0.1) is 0 Å². The number of anilines is 1. The Labute approximate surface area is 157 Å². The van der Waals surface area contributed by atoms with Crippen molar-refractivity contribution >= 4 is 46.4 Å². The van der Waals surface area contributed by atoms with Crippen molar-refractivity contribution in [2.24, 2.45) is 0 Å². The Bertz CT molecular complexity index is 710. The normalized spacial score (nSPS) is 15.2. The first-order valence-electron chi connectivity index (χ1n) is 8.15. The largest absolute Gasteiger partial charge is 0.360 e. The second kappa shape index (κ2) is 8.19. The Morgan fingerprint density at radius 3 is 2.75 bits per heavy atom. The monoisotopic (exact) mass is 382 g/mol. The molecule has 0 bridgehead atoms. The molecule has 0 atom stereocenters. The SMILES string of the molecule is S=C(Nc1ccn(Cc2ccc(Cl)cc2Cl)n1)NC1CCCCC1. The van der Waals surface area contributed by atoms with Gasteiger partial charge in [0.2, 0.25) is 0 Å². The highest BCUT2D eigenvalue weighted by Gasteiger charge is 2.14. The zero-order valence-electron chi connectivity index (χ0n) is 13.3. The molecule has 2 aromatic rings. The van der Waals surface area contributed by atoms with E-state index in [-0.39, 0.29) is 0 Å². The minimum Gasteiger partial charge on any atom is -0.360 e. The molecule has 0 unspecified atom stereocenters. The zero-order chi connectivity index (χ0) is 16.9. The van der Waals surface area contributed by atoms with Crippen LogP contribution in [0.3, 0.4) is 0 Å². The molecule has 7 heteroatoms. The Hall–Kier alpha value is -1.30. The van der Waals surface area contributed by atoms with Gasteiger partial charge in [-0.05, 0) is 42.8 Å². The number of benzene rings is 1. The Balaban J connectivity index is 1.55. The van der Waals surface area contributed by atoms with Crippen LogP contribution in [0, 0.1) is 0 Å². The van der Waals surface area contributed by atoms with Crippen molar-refractivity contribution in [1.29, 1.82) is 0 Å². The van der Waals surface area contributed by atoms with Crippen LogP contribution in [0.15, 0.2) is 30.5 Å². The van der Waals surface area contributed by atoms with E-state index >= 15 is 0 Å². The quantitative estimate of drug-likeness (QED) is 0.740. The lowest BCUT2D eigenvalue weighted by molar-refractivity contribution is 0.415. The summed E-state index contributed by atoms with van der Waals surface area (Å²) >= 11 is 17.5. The molecule has 0 spiro atoms. The lowest BCUT2D eigenvalue weighted by Gasteiger charge is -2.24. The summed E-state index contributed by atoms with van der Waals surface area (Å²) in [4.78, 5) is 0. The van der Waals surface area contributed by atoms with Crippen LogP contribution in [-0.2, 0) is 6.54 Å². The van der Waals surface area contributed by atoms with E-state index in [2.05, 4.69) is 15.7 Å². The first-order valence-corrected chi connectivity index (χ1v) is 9.31. The van der Waals surface area contributed by atoms with E-state index in [1.165, 1.54) is 32.1 Å². The van der Waals surface area contributed by atoms with Crippen molar-refractivity contribution in [3.05, 3.63) is 46.1 Å². The number of hydrogen-bond acceptors (Lipinski definition) is 2. The van der Waals surface area contributed by atoms with Crippen molar-refractivity contribution in [1.82, 2.24) is 15.1 Å². The highest BCUT2D eigenvalue weighted by atomic mass is 35.5. The summed E-state index contributed by atoms with van der Waals surface area (Å²) < 4.78 is 1.82. The summed E-state index contributed by atoms with van der Waals surface area (Å²) in [6.45, 7) is 0.584. The molecule has 0 aliphatic heterocycles. The number of nitrogens with one attached hydrogen (secondary N) is 2. The third-order valence-electron chi connectivity index (χ3n) is 4.17. The molecule has 1 aromatic carbocycles. The van der Waals surface area contributed by atoms with Crippen molar-refractivity contribution in [3.63, 3.8) is 0 Å². The predicted molar refractivity (Wildman–Crippen MR) is 104 cm³/mol. The maximum absolute atomic E-state index is 6.21. The number of rotatable bonds is 4. The molecule has 1 fully saturated rings. The fourth-order valence-electron chi connectivity index (χ4n) is 2.93. The van der Waals surface area contributed by atoms with Gasteiger partial charge in [-0.1, -0.05) is 48.5 Å². The zero-order valence-corrected chi connectivity index (χ0v) is 15.6. The molecular weight excluding hydrogens is 363 g/mol. The molecule has 1 aliphatic rings. The van der Waals surface area contributed by atoms with Gasteiger partial charge in [0.15, 0.2) is 10.9 Å². The third kappa shape index (κ3) is 4.85. The highest BCUT2D eigenvalue weighted by Crippen LogP contribution is 2.22. The van der Waals surface area contributed by atoms with Crippen LogP contribution in [0.2, 0.25) is 10.0 Å². The van der Waals surface area contributed by atoms with Crippen molar-refractivity contribution in [2.75, 3.05) is 5.32 Å². The average molecular weight is 383 g/mol. The maximum Gasteiger partial charge on any atom is 0.172 e. The minimum atomic E-state index is 0.480. The van der Waals surface area contributed by atoms with Crippen LogP contribution in [0.5, 0.6) is 0 Å². The van der Waals surface area contributed by atoms with E-state index in [0.717, 1.165) is 11.4 Å². The number of nitrogens with zero attached hydrogens (tertiary/aromatic N) is 2. The Kier molecular flexibility index (Phi) is 5.98. The molecule has 4 nitrogen and oxygen atoms in total. The van der Waals surface area contributed by atoms with Gasteiger partial charge in [0.05, 0.1) is 6.54 Å². The fraction of sp³-hybridized carbons (Fsp3) is 0.412. The molecule has 1 heterocycles. The second-order valence-corrected chi connectivity index (χ2v) is 7.32. The van der Waals surface area contributed by atoms with Crippen LogP contribution in [0.1, 0.15) is 37.7 Å². The van der Waals surface area contributed by atoms with Crippen LogP contribution >= 0.6 is 35.4 Å². The molecule has 2 N–H and O–H groups in total. The molecule has 24 heavy (non-hydrogen) atoms. The molecular formula is C17H20Cl2N4S. The van der Waals surface area contributed by atoms with Crippen LogP contribution < -0.4 is 10.6 Å². The van der Waals surface area contributed by atoms with E-state index in [4.69, 9.17) is 35.4 Å². The van der Waals surface area contributed by atoms with Gasteiger partial charge in [-0.3, -0.25) is 4.68 Å². The van der Waals surface area contributed by atoms with Crippen LogP contribution in [-0.4, -0.2) is 20.9 Å². The fourth-order valence-corrected chi connectivity index (χ4v) is 3.67. The van der Waals surface area contributed by atoms with E-state index in [0.29, 0.717) is 27.7 Å². The Morgan fingerprint density at radius 2 is 2.00 bits per heavy atom. The van der Waals surface area contributed by atoms with Gasteiger partial charge in [0.1, 0.15) is 0 Å². The molecule has 1 aromatic heterocycles. The average Bonchev–Trinajstić information content (AvgIpc) is 2.98. The molecule has 3 rings (SSSR count). The van der Waals surface area contributed by atoms with Crippen LogP contribution in [0.4, 0.5) is 5.82 Å². The van der Waals surface area contributed by atoms with Gasteiger partial charge in [-0.2, -0.15) is 5.10 Å². The predicted octanol–water partition coefficient (Wildman–Crippen LogP) is 4.86. The topological polar surface area (TPSA) is 41.9 Å². The molecule has 0 saturated heterocycles. The molecule has 0 radical (unpaired) electrons. The van der Waals surface area contributed by atoms with Gasteiger partial charge < -0.3 is 10.6 Å². The molecule has 0 amide bonds. The van der Waals surface area contributed by atoms with Crippen molar-refractivity contribution in [3.8, 4) is 0 Å². The molecule has 128 valence electrons. The molecule has 1 saturated carbocycles. The summed E-state index contributed by atoms with van der Waals surface area (Å²) in [5, 5.41) is 12.9. The van der Waals surface area contributed by atoms with Gasteiger partial charge >= 0.3 is 0 Å². The Morgan fingerprint density at radius 1 is 1.21 bits per heavy atom. The maximum atomic E-state index is 6.21. The van der Waals surface area contributed by atoms with Gasteiger partial charge in [0, 0.05) is 28.4 Å². The smallest absolute Gasteiger partial charge is 0.172 e. The highest BCUT2D eigenvalue weighted by molar-refractivity contribution is 7.80. The minimum absolute atomic E-state index is 0.480. The number of aromatic nitrogens is 2. The van der Waals surface area contributed by atoms with Crippen molar-refractivity contribution < 1.29 is 0 Å². The second-order valence-electron chi connectivity index (χ2n) is 6.07. The first kappa shape index (κ1) is 17.5. The van der Waals surface area contributed by atoms with Gasteiger partial charge in [0.25, 0.3) is 0 Å². The van der Waals surface area contributed by atoms with Crippen molar-refractivity contribution in [2.45, 2.75) is 44.7 Å². The summed E-state index contributed by atoms with van der Waals surface area (Å²) in [6, 6.07) is 7.86. The number of thiocarbonyl (C=S) groups is 1. The molecule has 1 aliphatic carbocycles. The summed E-state index contributed by atoms with van der Waals surface area (Å²) in [5.41, 5.74) is 0.971. The standard InChI is InChI=1S/C17H20Cl2N4S/c18-13-7-6-12(15(19)10-13)11-23-9-8-16(22-23)21-17(24)20-14-4-2-1-3-5-14/h6-10,14H,1-5,11H2,(H2,20,21,22,24). The summed E-state index contributed by atoms with van der Waals surface area (Å²) in [6.07, 6.45) is 8.15. The first-order chi connectivity index (χ1) is 11.6. The van der Waals surface area contributed by atoms with E-state index < -0.39 is 0 Å².